The number of methoxy groups -OCH3 is 1. The molecule has 0 fully saturated rings. The van der Waals surface area contributed by atoms with Gasteiger partial charge in [-0.2, -0.15) is 0 Å². The number of nitrogens with one attached hydrogen (secondary N) is 2. The van der Waals surface area contributed by atoms with Crippen LogP contribution >= 0.6 is 0 Å². The molecule has 23 heavy (non-hydrogen) atoms. The Morgan fingerprint density at radius 2 is 1.91 bits per heavy atom. The zero-order valence-electron chi connectivity index (χ0n) is 13.3. The van der Waals surface area contributed by atoms with Gasteiger partial charge < -0.3 is 20.1 Å². The summed E-state index contributed by atoms with van der Waals surface area (Å²) in [5, 5.41) is 6.30. The summed E-state index contributed by atoms with van der Waals surface area (Å²) >= 11 is 0. The van der Waals surface area contributed by atoms with Crippen molar-refractivity contribution in [2.24, 2.45) is 0 Å². The molecule has 1 heterocycles. The molecule has 2 aromatic carbocycles. The third kappa shape index (κ3) is 3.08. The third-order valence-corrected chi connectivity index (χ3v) is 3.73. The van der Waals surface area contributed by atoms with Gasteiger partial charge in [0.15, 0.2) is 11.5 Å². The van der Waals surface area contributed by atoms with Crippen molar-refractivity contribution in [3.63, 3.8) is 0 Å². The Morgan fingerprint density at radius 1 is 1.09 bits per heavy atom. The highest BCUT2D eigenvalue weighted by atomic mass is 16.5. The van der Waals surface area contributed by atoms with Crippen molar-refractivity contribution in [1.29, 1.82) is 0 Å². The van der Waals surface area contributed by atoms with E-state index < -0.39 is 0 Å². The summed E-state index contributed by atoms with van der Waals surface area (Å²) in [6.07, 6.45) is 0.617. The summed E-state index contributed by atoms with van der Waals surface area (Å²) in [5.41, 5.74) is 2.40. The molecule has 5 nitrogen and oxygen atoms in total. The van der Waals surface area contributed by atoms with Gasteiger partial charge in [0.05, 0.1) is 19.3 Å². The maximum absolute atomic E-state index is 12.2. The quantitative estimate of drug-likeness (QED) is 0.889. The highest BCUT2D eigenvalue weighted by Crippen LogP contribution is 2.33. The molecule has 0 bridgehead atoms. The predicted octanol–water partition coefficient (Wildman–Crippen LogP) is 3.34. The Morgan fingerprint density at radius 3 is 2.70 bits per heavy atom. The zero-order chi connectivity index (χ0) is 16.2. The van der Waals surface area contributed by atoms with E-state index in [4.69, 9.17) is 9.47 Å². The first kappa shape index (κ1) is 15.2. The van der Waals surface area contributed by atoms with Crippen molar-refractivity contribution < 1.29 is 14.3 Å². The molecule has 0 unspecified atom stereocenters. The average molecular weight is 312 g/mol. The van der Waals surface area contributed by atoms with Crippen molar-refractivity contribution in [2.75, 3.05) is 19.0 Å². The molecule has 1 atom stereocenters. The van der Waals surface area contributed by atoms with Crippen LogP contribution in [0.4, 0.5) is 5.69 Å². The molecule has 0 spiro atoms. The summed E-state index contributed by atoms with van der Waals surface area (Å²) in [5.74, 6) is 1.28. The smallest absolute Gasteiger partial charge is 0.255 e. The van der Waals surface area contributed by atoms with E-state index in [0.29, 0.717) is 23.7 Å². The van der Waals surface area contributed by atoms with Crippen LogP contribution in [-0.4, -0.2) is 19.6 Å². The minimum atomic E-state index is -0.299. The number of anilines is 1. The van der Waals surface area contributed by atoms with Crippen LogP contribution in [0.1, 0.15) is 35.4 Å². The largest absolute Gasteiger partial charge is 0.493 e. The average Bonchev–Trinajstić information content (AvgIpc) is 2.59. The summed E-state index contributed by atoms with van der Waals surface area (Å²) in [6.45, 7) is 2.67. The van der Waals surface area contributed by atoms with Gasteiger partial charge in [-0.1, -0.05) is 25.1 Å². The number of carbonyl (C=O) groups excluding carboxylic acids is 1. The monoisotopic (exact) mass is 312 g/mol. The molecular formula is C18H20N2O3. The second-order valence-electron chi connectivity index (χ2n) is 5.36. The third-order valence-electron chi connectivity index (χ3n) is 3.73. The molecule has 0 aromatic heterocycles. The summed E-state index contributed by atoms with van der Waals surface area (Å²) in [4.78, 5) is 12.2. The van der Waals surface area contributed by atoms with Gasteiger partial charge in [-0.25, -0.2) is 0 Å². The molecule has 2 N–H and O–H groups in total. The Bertz CT molecular complexity index is 715. The van der Waals surface area contributed by atoms with Crippen molar-refractivity contribution in [2.45, 2.75) is 19.5 Å². The lowest BCUT2D eigenvalue weighted by atomic mass is 10.1. The molecular weight excluding hydrogens is 292 g/mol. The fourth-order valence-corrected chi connectivity index (χ4v) is 2.57. The first-order valence-corrected chi connectivity index (χ1v) is 7.70. The number of fused-ring (bicyclic) bond motifs is 1. The number of ether oxygens (including phenoxy) is 2. The Labute approximate surface area is 135 Å². The fraction of sp³-hybridized carbons (Fsp3) is 0.278. The molecule has 5 heteroatoms. The molecule has 3 rings (SSSR count). The van der Waals surface area contributed by atoms with E-state index in [1.165, 1.54) is 0 Å². The van der Waals surface area contributed by atoms with Crippen molar-refractivity contribution in [3.05, 3.63) is 53.6 Å². The van der Waals surface area contributed by atoms with Crippen molar-refractivity contribution >= 4 is 11.6 Å². The van der Waals surface area contributed by atoms with Crippen LogP contribution in [0.25, 0.3) is 0 Å². The number of para-hydroxylation sites is 1. The molecule has 120 valence electrons. The van der Waals surface area contributed by atoms with Gasteiger partial charge in [0, 0.05) is 5.69 Å². The van der Waals surface area contributed by atoms with Crippen molar-refractivity contribution in [3.8, 4) is 11.5 Å². The van der Waals surface area contributed by atoms with Gasteiger partial charge in [-0.15, -0.1) is 0 Å². The van der Waals surface area contributed by atoms with Crippen LogP contribution in [0.5, 0.6) is 11.5 Å². The molecule has 1 aliphatic heterocycles. The molecule has 0 saturated heterocycles. The van der Waals surface area contributed by atoms with E-state index in [0.717, 1.165) is 17.7 Å². The summed E-state index contributed by atoms with van der Waals surface area (Å²) in [7, 11) is 1.62. The standard InChI is InChI=1S/C18H20N2O3/c1-3-10-23-16-11-12(8-9-15(16)22-2)17-19-14-7-5-4-6-13(14)18(21)20-17/h4-9,11,17,19H,3,10H2,1-2H3,(H,20,21)/t17-/m0/s1. The van der Waals surface area contributed by atoms with E-state index in [2.05, 4.69) is 17.6 Å². The van der Waals surface area contributed by atoms with Crippen LogP contribution in [0.3, 0.4) is 0 Å². The van der Waals surface area contributed by atoms with E-state index in [1.807, 2.05) is 36.4 Å². The summed E-state index contributed by atoms with van der Waals surface area (Å²) in [6, 6.07) is 13.1. The number of amides is 1. The highest BCUT2D eigenvalue weighted by Gasteiger charge is 2.24. The number of hydrogen-bond acceptors (Lipinski definition) is 4. The Kier molecular flexibility index (Phi) is 4.37. The van der Waals surface area contributed by atoms with E-state index >= 15 is 0 Å². The van der Waals surface area contributed by atoms with Gasteiger partial charge in [-0.3, -0.25) is 4.79 Å². The predicted molar refractivity (Wildman–Crippen MR) is 89.1 cm³/mol. The summed E-state index contributed by atoms with van der Waals surface area (Å²) < 4.78 is 11.1. The van der Waals surface area contributed by atoms with Crippen LogP contribution in [0, 0.1) is 0 Å². The van der Waals surface area contributed by atoms with Gasteiger partial charge in [-0.05, 0) is 36.2 Å². The highest BCUT2D eigenvalue weighted by molar-refractivity contribution is 6.01. The Balaban J connectivity index is 1.89. The first-order valence-electron chi connectivity index (χ1n) is 7.70. The zero-order valence-corrected chi connectivity index (χ0v) is 13.3. The maximum atomic E-state index is 12.2. The van der Waals surface area contributed by atoms with E-state index in [9.17, 15) is 4.79 Å². The molecule has 0 saturated carbocycles. The van der Waals surface area contributed by atoms with Crippen LogP contribution < -0.4 is 20.1 Å². The SMILES string of the molecule is CCCOc1cc([C@@H]2NC(=O)c3ccccc3N2)ccc1OC. The van der Waals surface area contributed by atoms with Gasteiger partial charge in [0.2, 0.25) is 0 Å². The fourth-order valence-electron chi connectivity index (χ4n) is 2.57. The Hall–Kier alpha value is -2.69. The lowest BCUT2D eigenvalue weighted by molar-refractivity contribution is 0.0935. The topological polar surface area (TPSA) is 59.6 Å². The normalized spacial score (nSPS) is 16.1. The van der Waals surface area contributed by atoms with Crippen LogP contribution in [0.2, 0.25) is 0 Å². The van der Waals surface area contributed by atoms with Gasteiger partial charge in [0.25, 0.3) is 5.91 Å². The van der Waals surface area contributed by atoms with E-state index in [-0.39, 0.29) is 12.1 Å². The van der Waals surface area contributed by atoms with Crippen LogP contribution in [-0.2, 0) is 0 Å². The van der Waals surface area contributed by atoms with Crippen LogP contribution in [0.15, 0.2) is 42.5 Å². The number of rotatable bonds is 5. The second-order valence-corrected chi connectivity index (χ2v) is 5.36. The van der Waals surface area contributed by atoms with Crippen molar-refractivity contribution in [1.82, 2.24) is 5.32 Å². The number of benzene rings is 2. The molecule has 1 aliphatic rings. The first-order chi connectivity index (χ1) is 11.2. The molecule has 2 aromatic rings. The number of carbonyl (C=O) groups is 1. The van der Waals surface area contributed by atoms with Gasteiger partial charge >= 0.3 is 0 Å². The second kappa shape index (κ2) is 6.60. The molecule has 1 amide bonds. The van der Waals surface area contributed by atoms with Gasteiger partial charge in [0.1, 0.15) is 6.17 Å². The maximum Gasteiger partial charge on any atom is 0.255 e. The minimum absolute atomic E-state index is 0.0869. The molecule has 0 radical (unpaired) electrons. The van der Waals surface area contributed by atoms with E-state index in [1.54, 1.807) is 13.2 Å². The minimum Gasteiger partial charge on any atom is -0.493 e. The molecule has 0 aliphatic carbocycles. The number of hydrogen-bond donors (Lipinski definition) is 2. The lowest BCUT2D eigenvalue weighted by Crippen LogP contribution is -2.38. The lowest BCUT2D eigenvalue weighted by Gasteiger charge is -2.28.